The van der Waals surface area contributed by atoms with E-state index in [0.29, 0.717) is 28.7 Å². The number of hydrogen-bond donors (Lipinski definition) is 1. The quantitative estimate of drug-likeness (QED) is 0.448. The molecule has 4 nitrogen and oxygen atoms in total. The van der Waals surface area contributed by atoms with Gasteiger partial charge in [0.15, 0.2) is 0 Å². The van der Waals surface area contributed by atoms with E-state index in [-0.39, 0.29) is 11.7 Å². The van der Waals surface area contributed by atoms with Crippen LogP contribution in [0.1, 0.15) is 16.1 Å². The molecule has 1 N–H and O–H groups in total. The van der Waals surface area contributed by atoms with Crippen LogP contribution in [0.15, 0.2) is 60.0 Å². The topological polar surface area (TPSA) is 43.3 Å². The smallest absolute Gasteiger partial charge is 0.272 e. The zero-order valence-corrected chi connectivity index (χ0v) is 16.5. The average Bonchev–Trinajstić information content (AvgIpc) is 3.26. The van der Waals surface area contributed by atoms with Gasteiger partial charge in [0.2, 0.25) is 0 Å². The van der Waals surface area contributed by atoms with Crippen LogP contribution in [0.5, 0.6) is 5.75 Å². The number of nitrogens with one attached hydrogen (secondary N) is 1. The molecule has 0 unspecified atom stereocenters. The molecule has 7 heteroatoms. The van der Waals surface area contributed by atoms with Crippen molar-refractivity contribution in [3.63, 3.8) is 0 Å². The summed E-state index contributed by atoms with van der Waals surface area (Å²) in [6.07, 6.45) is 0. The normalized spacial score (nSPS) is 11.0. The van der Waals surface area contributed by atoms with Crippen molar-refractivity contribution < 1.29 is 13.9 Å². The standard InChI is InChI=1S/C21H16ClFN2O2S/c1-27-19-7-6-15(10-16(19)22)24-21(26)18-11-20-17(8-9-28-20)25(18)12-13-2-4-14(23)5-3-13/h2-11H,12H2,1H3,(H,24,26). The zero-order chi connectivity index (χ0) is 19.7. The van der Waals surface area contributed by atoms with Crippen molar-refractivity contribution in [2.45, 2.75) is 6.54 Å². The lowest BCUT2D eigenvalue weighted by Gasteiger charge is -2.12. The number of benzene rings is 2. The number of amides is 1. The van der Waals surface area contributed by atoms with Gasteiger partial charge in [-0.05, 0) is 53.4 Å². The summed E-state index contributed by atoms with van der Waals surface area (Å²) in [5.41, 5.74) is 2.98. The van der Waals surface area contributed by atoms with E-state index >= 15 is 0 Å². The number of anilines is 1. The first-order valence-corrected chi connectivity index (χ1v) is 9.77. The fraction of sp³-hybridized carbons (Fsp3) is 0.0952. The maximum absolute atomic E-state index is 13.2. The van der Waals surface area contributed by atoms with Crippen LogP contribution in [0.4, 0.5) is 10.1 Å². The van der Waals surface area contributed by atoms with Gasteiger partial charge in [0.25, 0.3) is 5.91 Å². The Labute approximate surface area is 170 Å². The lowest BCUT2D eigenvalue weighted by Crippen LogP contribution is -2.17. The van der Waals surface area contributed by atoms with Crippen LogP contribution in [0.2, 0.25) is 5.02 Å². The zero-order valence-electron chi connectivity index (χ0n) is 14.9. The lowest BCUT2D eigenvalue weighted by molar-refractivity contribution is 0.101. The van der Waals surface area contributed by atoms with E-state index in [0.717, 1.165) is 15.8 Å². The van der Waals surface area contributed by atoms with Crippen molar-refractivity contribution in [1.29, 1.82) is 0 Å². The summed E-state index contributed by atoms with van der Waals surface area (Å²) < 4.78 is 21.3. The van der Waals surface area contributed by atoms with Gasteiger partial charge in [-0.25, -0.2) is 4.39 Å². The van der Waals surface area contributed by atoms with Crippen molar-refractivity contribution in [2.75, 3.05) is 12.4 Å². The SMILES string of the molecule is COc1ccc(NC(=O)c2cc3sccc3n2Cc2ccc(F)cc2)cc1Cl. The summed E-state index contributed by atoms with van der Waals surface area (Å²) >= 11 is 7.71. The molecule has 0 saturated carbocycles. The highest BCUT2D eigenvalue weighted by Crippen LogP contribution is 2.29. The highest BCUT2D eigenvalue weighted by atomic mass is 35.5. The predicted molar refractivity (Wildman–Crippen MR) is 111 cm³/mol. The van der Waals surface area contributed by atoms with E-state index < -0.39 is 0 Å². The molecule has 0 spiro atoms. The molecule has 0 aliphatic heterocycles. The minimum absolute atomic E-state index is 0.244. The molecule has 4 rings (SSSR count). The molecule has 0 aliphatic rings. The Morgan fingerprint density at radius 3 is 2.68 bits per heavy atom. The third kappa shape index (κ3) is 3.61. The molecule has 0 bridgehead atoms. The summed E-state index contributed by atoms with van der Waals surface area (Å²) in [5.74, 6) is 0.0119. The number of nitrogens with zero attached hydrogens (tertiary/aromatic N) is 1. The molecule has 2 heterocycles. The van der Waals surface area contributed by atoms with Gasteiger partial charge in [0.05, 0.1) is 22.3 Å². The number of rotatable bonds is 5. The number of thiophene rings is 1. The van der Waals surface area contributed by atoms with Gasteiger partial charge in [0, 0.05) is 12.2 Å². The summed E-state index contributed by atoms with van der Waals surface area (Å²) in [7, 11) is 1.54. The fourth-order valence-electron chi connectivity index (χ4n) is 3.05. The van der Waals surface area contributed by atoms with Crippen molar-refractivity contribution in [3.8, 4) is 5.75 Å². The number of aromatic nitrogens is 1. The van der Waals surface area contributed by atoms with Crippen LogP contribution in [0.3, 0.4) is 0 Å². The molecule has 0 aliphatic carbocycles. The number of methoxy groups -OCH3 is 1. The van der Waals surface area contributed by atoms with Gasteiger partial charge in [-0.3, -0.25) is 4.79 Å². The Hall–Kier alpha value is -2.83. The van der Waals surface area contributed by atoms with E-state index in [1.807, 2.05) is 22.1 Å². The van der Waals surface area contributed by atoms with E-state index in [1.165, 1.54) is 19.2 Å². The van der Waals surface area contributed by atoms with Crippen LogP contribution in [0, 0.1) is 5.82 Å². The van der Waals surface area contributed by atoms with Gasteiger partial charge in [-0.15, -0.1) is 11.3 Å². The first-order chi connectivity index (χ1) is 13.5. The van der Waals surface area contributed by atoms with E-state index in [9.17, 15) is 9.18 Å². The minimum atomic E-state index is -0.286. The largest absolute Gasteiger partial charge is 0.495 e. The third-order valence-electron chi connectivity index (χ3n) is 4.42. The summed E-state index contributed by atoms with van der Waals surface area (Å²) in [6, 6.07) is 15.2. The number of hydrogen-bond acceptors (Lipinski definition) is 3. The lowest BCUT2D eigenvalue weighted by atomic mass is 10.2. The Bertz CT molecular complexity index is 1150. The molecular formula is C21H16ClFN2O2S. The van der Waals surface area contributed by atoms with Crippen LogP contribution >= 0.6 is 22.9 Å². The van der Waals surface area contributed by atoms with Gasteiger partial charge in [-0.1, -0.05) is 23.7 Å². The van der Waals surface area contributed by atoms with Gasteiger partial charge in [0.1, 0.15) is 17.3 Å². The third-order valence-corrected chi connectivity index (χ3v) is 5.57. The van der Waals surface area contributed by atoms with E-state index in [4.69, 9.17) is 16.3 Å². The fourth-order valence-corrected chi connectivity index (χ4v) is 4.13. The molecule has 0 radical (unpaired) electrons. The van der Waals surface area contributed by atoms with Crippen LogP contribution in [0.25, 0.3) is 10.2 Å². The Morgan fingerprint density at radius 2 is 1.96 bits per heavy atom. The van der Waals surface area contributed by atoms with Gasteiger partial charge < -0.3 is 14.6 Å². The molecule has 0 saturated heterocycles. The first kappa shape index (κ1) is 18.5. The van der Waals surface area contributed by atoms with Gasteiger partial charge >= 0.3 is 0 Å². The number of carbonyl (C=O) groups is 1. The van der Waals surface area contributed by atoms with Crippen molar-refractivity contribution >= 4 is 44.7 Å². The van der Waals surface area contributed by atoms with Crippen molar-refractivity contribution in [3.05, 3.63) is 82.1 Å². The number of ether oxygens (including phenoxy) is 1. The minimum Gasteiger partial charge on any atom is -0.495 e. The maximum Gasteiger partial charge on any atom is 0.272 e. The van der Waals surface area contributed by atoms with Crippen LogP contribution in [-0.2, 0) is 6.54 Å². The second-order valence-corrected chi connectivity index (χ2v) is 7.57. The monoisotopic (exact) mass is 414 g/mol. The summed E-state index contributed by atoms with van der Waals surface area (Å²) in [6.45, 7) is 0.465. The average molecular weight is 415 g/mol. The second kappa shape index (κ2) is 7.66. The molecule has 28 heavy (non-hydrogen) atoms. The van der Waals surface area contributed by atoms with Crippen LogP contribution in [-0.4, -0.2) is 17.6 Å². The number of carbonyl (C=O) groups excluding carboxylic acids is 1. The van der Waals surface area contributed by atoms with Crippen LogP contribution < -0.4 is 10.1 Å². The summed E-state index contributed by atoms with van der Waals surface area (Å²) in [4.78, 5) is 13.0. The summed E-state index contributed by atoms with van der Waals surface area (Å²) in [5, 5.41) is 5.28. The van der Waals surface area contributed by atoms with E-state index in [2.05, 4.69) is 5.32 Å². The Kier molecular flexibility index (Phi) is 5.07. The second-order valence-electron chi connectivity index (χ2n) is 6.22. The highest BCUT2D eigenvalue weighted by Gasteiger charge is 2.17. The molecule has 2 aromatic carbocycles. The molecule has 142 valence electrons. The van der Waals surface area contributed by atoms with E-state index in [1.54, 1.807) is 41.7 Å². The maximum atomic E-state index is 13.2. The van der Waals surface area contributed by atoms with Crippen molar-refractivity contribution in [2.24, 2.45) is 0 Å². The molecule has 0 fully saturated rings. The number of fused-ring (bicyclic) bond motifs is 1. The highest BCUT2D eigenvalue weighted by molar-refractivity contribution is 7.17. The molecular weight excluding hydrogens is 399 g/mol. The molecule has 0 atom stereocenters. The van der Waals surface area contributed by atoms with Crippen molar-refractivity contribution in [1.82, 2.24) is 4.57 Å². The first-order valence-electron chi connectivity index (χ1n) is 8.51. The molecule has 1 amide bonds. The molecule has 4 aromatic rings. The predicted octanol–water partition coefficient (Wildman–Crippen LogP) is 5.80. The Morgan fingerprint density at radius 1 is 1.18 bits per heavy atom. The molecule has 2 aromatic heterocycles. The number of halogens is 2. The Balaban J connectivity index is 1.66. The van der Waals surface area contributed by atoms with Gasteiger partial charge in [-0.2, -0.15) is 0 Å².